The summed E-state index contributed by atoms with van der Waals surface area (Å²) >= 11 is 0. The summed E-state index contributed by atoms with van der Waals surface area (Å²) in [6.07, 6.45) is 2.15. The van der Waals surface area contributed by atoms with Crippen LogP contribution in [-0.2, 0) is 4.74 Å². The molecular weight excluding hydrogens is 264 g/mol. The molecule has 1 amide bonds. The smallest absolute Gasteiger partial charge is 0.410 e. The van der Waals surface area contributed by atoms with Gasteiger partial charge in [0.05, 0.1) is 0 Å². The molecule has 21 heavy (non-hydrogen) atoms. The van der Waals surface area contributed by atoms with Gasteiger partial charge in [-0.1, -0.05) is 26.7 Å². The second-order valence-electron chi connectivity index (χ2n) is 7.69. The Balaban J connectivity index is 4.43. The minimum Gasteiger partial charge on any atom is -0.444 e. The van der Waals surface area contributed by atoms with E-state index >= 15 is 0 Å². The molecule has 0 aliphatic rings. The van der Waals surface area contributed by atoms with Crippen LogP contribution in [0.4, 0.5) is 4.79 Å². The fourth-order valence-corrected chi connectivity index (χ4v) is 2.09. The van der Waals surface area contributed by atoms with Crippen molar-refractivity contribution in [3.05, 3.63) is 0 Å². The average molecular weight is 300 g/mol. The van der Waals surface area contributed by atoms with Gasteiger partial charge in [-0.15, -0.1) is 0 Å². The summed E-state index contributed by atoms with van der Waals surface area (Å²) < 4.78 is 5.51. The highest BCUT2D eigenvalue weighted by atomic mass is 16.6. The maximum Gasteiger partial charge on any atom is 0.410 e. The molecule has 0 spiro atoms. The van der Waals surface area contributed by atoms with E-state index in [4.69, 9.17) is 4.74 Å². The van der Waals surface area contributed by atoms with Gasteiger partial charge in [0, 0.05) is 18.6 Å². The second-order valence-corrected chi connectivity index (χ2v) is 7.69. The maximum absolute atomic E-state index is 12.3. The van der Waals surface area contributed by atoms with Crippen molar-refractivity contribution in [1.29, 1.82) is 0 Å². The van der Waals surface area contributed by atoms with Crippen LogP contribution in [0.5, 0.6) is 0 Å². The molecule has 4 heteroatoms. The topological polar surface area (TPSA) is 41.6 Å². The Bertz CT molecular complexity index is 299. The van der Waals surface area contributed by atoms with Gasteiger partial charge in [-0.05, 0) is 54.0 Å². The third-order valence-electron chi connectivity index (χ3n) is 3.52. The summed E-state index contributed by atoms with van der Waals surface area (Å²) in [5.41, 5.74) is -0.692. The molecule has 0 heterocycles. The molecule has 0 saturated carbocycles. The molecule has 0 atom stereocenters. The molecule has 0 saturated heterocycles. The van der Waals surface area contributed by atoms with Crippen LogP contribution in [0.3, 0.4) is 0 Å². The molecule has 4 nitrogen and oxygen atoms in total. The number of rotatable bonds is 7. The van der Waals surface area contributed by atoms with E-state index in [-0.39, 0.29) is 11.6 Å². The van der Waals surface area contributed by atoms with Crippen LogP contribution in [0, 0.1) is 5.92 Å². The van der Waals surface area contributed by atoms with Gasteiger partial charge in [0.2, 0.25) is 0 Å². The van der Waals surface area contributed by atoms with Crippen molar-refractivity contribution in [2.24, 2.45) is 5.92 Å². The summed E-state index contributed by atoms with van der Waals surface area (Å²) in [6.45, 7) is 18.7. The Kier molecular flexibility index (Phi) is 8.30. The molecule has 0 radical (unpaired) electrons. The zero-order valence-corrected chi connectivity index (χ0v) is 15.4. The van der Waals surface area contributed by atoms with E-state index < -0.39 is 5.60 Å². The van der Waals surface area contributed by atoms with E-state index in [2.05, 4.69) is 19.2 Å². The van der Waals surface area contributed by atoms with Gasteiger partial charge in [-0.25, -0.2) is 4.79 Å². The molecule has 0 aromatic heterocycles. The number of carbonyl (C=O) groups excluding carboxylic acids is 1. The predicted molar refractivity (Wildman–Crippen MR) is 89.6 cm³/mol. The Morgan fingerprint density at radius 1 is 1.10 bits per heavy atom. The second kappa shape index (κ2) is 8.62. The van der Waals surface area contributed by atoms with E-state index in [1.807, 2.05) is 41.5 Å². The van der Waals surface area contributed by atoms with Crippen molar-refractivity contribution in [1.82, 2.24) is 10.2 Å². The molecule has 0 aliphatic heterocycles. The highest BCUT2D eigenvalue weighted by Crippen LogP contribution is 2.18. The fraction of sp³-hybridized carbons (Fsp3) is 0.941. The molecule has 0 fully saturated rings. The summed E-state index contributed by atoms with van der Waals surface area (Å²) in [7, 11) is 0. The summed E-state index contributed by atoms with van der Waals surface area (Å²) in [4.78, 5) is 14.1. The van der Waals surface area contributed by atoms with Crippen molar-refractivity contribution < 1.29 is 9.53 Å². The SMILES string of the molecule is CCC(CC)CNCCN(C(=O)OC(C)(C)C)C(C)(C)C. The van der Waals surface area contributed by atoms with Crippen LogP contribution < -0.4 is 5.32 Å². The molecule has 0 rings (SSSR count). The van der Waals surface area contributed by atoms with E-state index in [1.54, 1.807) is 4.90 Å². The number of ether oxygens (including phenoxy) is 1. The standard InChI is InChI=1S/C17H36N2O2/c1-9-14(10-2)13-18-11-12-19(16(3,4)5)15(20)21-17(6,7)8/h14,18H,9-13H2,1-8H3. The van der Waals surface area contributed by atoms with Crippen molar-refractivity contribution in [3.8, 4) is 0 Å². The van der Waals surface area contributed by atoms with E-state index in [0.717, 1.165) is 19.0 Å². The minimum atomic E-state index is -0.455. The van der Waals surface area contributed by atoms with Crippen LogP contribution >= 0.6 is 0 Å². The Morgan fingerprint density at radius 2 is 1.62 bits per heavy atom. The summed E-state index contributed by atoms with van der Waals surface area (Å²) in [5.74, 6) is 0.717. The monoisotopic (exact) mass is 300 g/mol. The van der Waals surface area contributed by atoms with Crippen LogP contribution in [0.15, 0.2) is 0 Å². The number of amides is 1. The third kappa shape index (κ3) is 8.97. The van der Waals surface area contributed by atoms with Crippen LogP contribution in [0.25, 0.3) is 0 Å². The summed E-state index contributed by atoms with van der Waals surface area (Å²) in [6, 6.07) is 0. The molecule has 0 aromatic carbocycles. The van der Waals surface area contributed by atoms with Crippen molar-refractivity contribution >= 4 is 6.09 Å². The van der Waals surface area contributed by atoms with Gasteiger partial charge >= 0.3 is 6.09 Å². The Morgan fingerprint density at radius 3 is 2.00 bits per heavy atom. The first-order valence-electron chi connectivity index (χ1n) is 8.22. The average Bonchev–Trinajstić information content (AvgIpc) is 2.29. The van der Waals surface area contributed by atoms with E-state index in [1.165, 1.54) is 12.8 Å². The number of hydrogen-bond donors (Lipinski definition) is 1. The third-order valence-corrected chi connectivity index (χ3v) is 3.52. The molecule has 0 aromatic rings. The van der Waals surface area contributed by atoms with E-state index in [9.17, 15) is 4.79 Å². The van der Waals surface area contributed by atoms with Gasteiger partial charge < -0.3 is 15.0 Å². The van der Waals surface area contributed by atoms with Crippen LogP contribution in [-0.4, -0.2) is 41.8 Å². The first-order valence-corrected chi connectivity index (χ1v) is 8.22. The molecule has 126 valence electrons. The Hall–Kier alpha value is -0.770. The Labute approximate surface area is 131 Å². The normalized spacial score (nSPS) is 12.6. The molecular formula is C17H36N2O2. The summed E-state index contributed by atoms with van der Waals surface area (Å²) in [5, 5.41) is 3.46. The van der Waals surface area contributed by atoms with Crippen LogP contribution in [0.1, 0.15) is 68.2 Å². The number of nitrogens with zero attached hydrogens (tertiary/aromatic N) is 1. The van der Waals surface area contributed by atoms with Gasteiger partial charge in [-0.2, -0.15) is 0 Å². The predicted octanol–water partition coefficient (Wildman–Crippen LogP) is 4.05. The minimum absolute atomic E-state index is 0.237. The number of hydrogen-bond acceptors (Lipinski definition) is 3. The first kappa shape index (κ1) is 20.2. The molecule has 0 aliphatic carbocycles. The number of nitrogens with one attached hydrogen (secondary N) is 1. The quantitative estimate of drug-likeness (QED) is 0.721. The molecule has 1 N–H and O–H groups in total. The lowest BCUT2D eigenvalue weighted by Gasteiger charge is -2.37. The van der Waals surface area contributed by atoms with Gasteiger partial charge in [0.15, 0.2) is 0 Å². The molecule has 0 unspecified atom stereocenters. The largest absolute Gasteiger partial charge is 0.444 e. The highest BCUT2D eigenvalue weighted by Gasteiger charge is 2.30. The van der Waals surface area contributed by atoms with Crippen molar-refractivity contribution in [3.63, 3.8) is 0 Å². The lowest BCUT2D eigenvalue weighted by Crippen LogP contribution is -2.50. The number of carbonyl (C=O) groups is 1. The van der Waals surface area contributed by atoms with E-state index in [0.29, 0.717) is 6.54 Å². The fourth-order valence-electron chi connectivity index (χ4n) is 2.09. The zero-order valence-electron chi connectivity index (χ0n) is 15.4. The maximum atomic E-state index is 12.3. The zero-order chi connectivity index (χ0) is 16.7. The highest BCUT2D eigenvalue weighted by molar-refractivity contribution is 5.69. The van der Waals surface area contributed by atoms with Crippen LogP contribution in [0.2, 0.25) is 0 Å². The lowest BCUT2D eigenvalue weighted by atomic mass is 10.0. The van der Waals surface area contributed by atoms with Gasteiger partial charge in [0.1, 0.15) is 5.60 Å². The molecule has 0 bridgehead atoms. The first-order chi connectivity index (χ1) is 9.51. The van der Waals surface area contributed by atoms with Gasteiger partial charge in [-0.3, -0.25) is 0 Å². The van der Waals surface area contributed by atoms with Crippen molar-refractivity contribution in [2.45, 2.75) is 79.4 Å². The van der Waals surface area contributed by atoms with Gasteiger partial charge in [0.25, 0.3) is 0 Å². The lowest BCUT2D eigenvalue weighted by molar-refractivity contribution is 0.00660. The van der Waals surface area contributed by atoms with Crippen molar-refractivity contribution in [2.75, 3.05) is 19.6 Å².